The van der Waals surface area contributed by atoms with Crippen LogP contribution in [0.3, 0.4) is 0 Å². The molecule has 2 rings (SSSR count). The number of halogens is 1. The molecule has 6 heteroatoms. The summed E-state index contributed by atoms with van der Waals surface area (Å²) in [7, 11) is 0. The monoisotopic (exact) mass is 267 g/mol. The molecule has 0 saturated carbocycles. The zero-order chi connectivity index (χ0) is 13.1. The molecule has 0 bridgehead atoms. The molecule has 1 heterocycles. The van der Waals surface area contributed by atoms with E-state index in [1.54, 1.807) is 31.2 Å². The fourth-order valence-corrected chi connectivity index (χ4v) is 1.59. The smallest absolute Gasteiger partial charge is 0.373 e. The number of ether oxygens (including phenoxy) is 1. The van der Waals surface area contributed by atoms with Gasteiger partial charge in [0.2, 0.25) is 11.7 Å². The number of aryl methyl sites for hydroxylation is 1. The van der Waals surface area contributed by atoms with Crippen LogP contribution in [-0.4, -0.2) is 16.1 Å². The Morgan fingerprint density at radius 2 is 2.33 bits per heavy atom. The lowest BCUT2D eigenvalue weighted by Crippen LogP contribution is -1.96. The molecule has 0 radical (unpaired) electrons. The number of aromatic carboxylic acids is 1. The maximum absolute atomic E-state index is 10.8. The van der Waals surface area contributed by atoms with Crippen molar-refractivity contribution in [3.8, 4) is 5.75 Å². The van der Waals surface area contributed by atoms with Gasteiger partial charge in [-0.05, 0) is 25.1 Å². The summed E-state index contributed by atoms with van der Waals surface area (Å²) in [6.07, 6.45) is 0. The standard InChI is InChI=1S/C12H10ClNO4/c1-7-11(12(15)16)18-10(14-7)6-17-9-4-2-3-8(13)5-9/h2-5H,6H2,1H3,(H,15,16). The molecule has 0 spiro atoms. The topological polar surface area (TPSA) is 72.6 Å². The first-order chi connectivity index (χ1) is 8.56. The summed E-state index contributed by atoms with van der Waals surface area (Å²) in [6, 6.07) is 6.86. The second-order valence-corrected chi connectivity index (χ2v) is 4.01. The molecule has 0 aliphatic heterocycles. The number of rotatable bonds is 4. The number of oxazole rings is 1. The van der Waals surface area contributed by atoms with Crippen molar-refractivity contribution >= 4 is 17.6 Å². The van der Waals surface area contributed by atoms with E-state index >= 15 is 0 Å². The largest absolute Gasteiger partial charge is 0.484 e. The zero-order valence-corrected chi connectivity index (χ0v) is 10.3. The van der Waals surface area contributed by atoms with Crippen molar-refractivity contribution in [3.63, 3.8) is 0 Å². The minimum absolute atomic E-state index is 0.0501. The number of hydrogen-bond donors (Lipinski definition) is 1. The quantitative estimate of drug-likeness (QED) is 0.922. The maximum atomic E-state index is 10.8. The minimum atomic E-state index is -1.14. The molecule has 1 N–H and O–H groups in total. The van der Waals surface area contributed by atoms with Crippen LogP contribution in [0.2, 0.25) is 5.02 Å². The average Bonchev–Trinajstić information content (AvgIpc) is 2.68. The van der Waals surface area contributed by atoms with E-state index < -0.39 is 5.97 Å². The van der Waals surface area contributed by atoms with Gasteiger partial charge in [-0.1, -0.05) is 17.7 Å². The van der Waals surface area contributed by atoms with Gasteiger partial charge >= 0.3 is 5.97 Å². The van der Waals surface area contributed by atoms with Crippen molar-refractivity contribution in [2.75, 3.05) is 0 Å². The first-order valence-electron chi connectivity index (χ1n) is 5.14. The molecule has 0 fully saturated rings. The Morgan fingerprint density at radius 3 is 2.94 bits per heavy atom. The summed E-state index contributed by atoms with van der Waals surface area (Å²) >= 11 is 5.80. The van der Waals surface area contributed by atoms with E-state index in [0.717, 1.165) is 0 Å². The molecule has 0 aliphatic rings. The van der Waals surface area contributed by atoms with Gasteiger partial charge in [0.25, 0.3) is 0 Å². The Bertz CT molecular complexity index is 579. The van der Waals surface area contributed by atoms with E-state index in [2.05, 4.69) is 4.98 Å². The van der Waals surface area contributed by atoms with E-state index in [-0.39, 0.29) is 18.3 Å². The first kappa shape index (κ1) is 12.4. The summed E-state index contributed by atoms with van der Waals surface area (Å²) in [5.74, 6) is -0.534. The van der Waals surface area contributed by atoms with E-state index in [1.165, 1.54) is 0 Å². The van der Waals surface area contributed by atoms with Crippen LogP contribution < -0.4 is 4.74 Å². The lowest BCUT2D eigenvalue weighted by molar-refractivity contribution is 0.0657. The van der Waals surface area contributed by atoms with Gasteiger partial charge in [0.1, 0.15) is 5.75 Å². The third-order valence-corrected chi connectivity index (χ3v) is 2.43. The van der Waals surface area contributed by atoms with Gasteiger partial charge in [-0.25, -0.2) is 9.78 Å². The van der Waals surface area contributed by atoms with E-state index in [1.807, 2.05) is 0 Å². The number of nitrogens with zero attached hydrogens (tertiary/aromatic N) is 1. The number of benzene rings is 1. The van der Waals surface area contributed by atoms with Gasteiger partial charge < -0.3 is 14.3 Å². The highest BCUT2D eigenvalue weighted by molar-refractivity contribution is 6.30. The summed E-state index contributed by atoms with van der Waals surface area (Å²) in [5, 5.41) is 9.37. The van der Waals surface area contributed by atoms with Crippen LogP contribution >= 0.6 is 11.6 Å². The fourth-order valence-electron chi connectivity index (χ4n) is 1.41. The number of aromatic nitrogens is 1. The van der Waals surface area contributed by atoms with Gasteiger partial charge in [0.05, 0.1) is 5.69 Å². The maximum Gasteiger partial charge on any atom is 0.373 e. The van der Waals surface area contributed by atoms with Crippen molar-refractivity contribution in [3.05, 3.63) is 46.6 Å². The van der Waals surface area contributed by atoms with E-state index in [4.69, 9.17) is 25.9 Å². The number of hydrogen-bond acceptors (Lipinski definition) is 4. The highest BCUT2D eigenvalue weighted by atomic mass is 35.5. The van der Waals surface area contributed by atoms with E-state index in [0.29, 0.717) is 16.5 Å². The molecular weight excluding hydrogens is 258 g/mol. The van der Waals surface area contributed by atoms with Crippen LogP contribution in [0.1, 0.15) is 22.1 Å². The molecule has 0 amide bonds. The summed E-state index contributed by atoms with van der Waals surface area (Å²) in [4.78, 5) is 14.7. The van der Waals surface area contributed by atoms with Crippen LogP contribution in [0.5, 0.6) is 5.75 Å². The van der Waals surface area contributed by atoms with Crippen LogP contribution in [0.25, 0.3) is 0 Å². The van der Waals surface area contributed by atoms with Crippen molar-refractivity contribution in [2.45, 2.75) is 13.5 Å². The molecule has 0 saturated heterocycles. The third kappa shape index (κ3) is 2.81. The Labute approximate surface area is 108 Å². The van der Waals surface area contributed by atoms with Crippen molar-refractivity contribution < 1.29 is 19.1 Å². The Balaban J connectivity index is 2.06. The Hall–Kier alpha value is -2.01. The second kappa shape index (κ2) is 5.10. The zero-order valence-electron chi connectivity index (χ0n) is 9.51. The number of carboxylic acids is 1. The molecular formula is C12H10ClNO4. The fraction of sp³-hybridized carbons (Fsp3) is 0.167. The van der Waals surface area contributed by atoms with Gasteiger partial charge in [-0.2, -0.15) is 0 Å². The Kier molecular flexibility index (Phi) is 3.53. The molecule has 18 heavy (non-hydrogen) atoms. The number of carboxylic acid groups (broad SMARTS) is 1. The molecule has 1 aromatic heterocycles. The molecule has 94 valence electrons. The molecule has 2 aromatic rings. The first-order valence-corrected chi connectivity index (χ1v) is 5.52. The normalized spacial score (nSPS) is 10.3. The van der Waals surface area contributed by atoms with Crippen LogP contribution in [0.4, 0.5) is 0 Å². The molecule has 0 aliphatic carbocycles. The molecule has 5 nitrogen and oxygen atoms in total. The van der Waals surface area contributed by atoms with Crippen molar-refractivity contribution in [1.82, 2.24) is 4.98 Å². The second-order valence-electron chi connectivity index (χ2n) is 3.57. The van der Waals surface area contributed by atoms with Gasteiger partial charge in [0, 0.05) is 5.02 Å². The van der Waals surface area contributed by atoms with Gasteiger partial charge in [0.15, 0.2) is 6.61 Å². The minimum Gasteiger partial charge on any atom is -0.484 e. The van der Waals surface area contributed by atoms with Gasteiger partial charge in [-0.3, -0.25) is 0 Å². The third-order valence-electron chi connectivity index (χ3n) is 2.19. The number of carbonyl (C=O) groups is 1. The summed E-state index contributed by atoms with van der Waals surface area (Å²) < 4.78 is 10.4. The van der Waals surface area contributed by atoms with Crippen LogP contribution in [0.15, 0.2) is 28.7 Å². The lowest BCUT2D eigenvalue weighted by Gasteiger charge is -2.02. The Morgan fingerprint density at radius 1 is 1.56 bits per heavy atom. The van der Waals surface area contributed by atoms with Crippen molar-refractivity contribution in [1.29, 1.82) is 0 Å². The molecule has 0 unspecified atom stereocenters. The predicted octanol–water partition coefficient (Wildman–Crippen LogP) is 2.91. The highest BCUT2D eigenvalue weighted by Crippen LogP contribution is 2.19. The van der Waals surface area contributed by atoms with E-state index in [9.17, 15) is 4.79 Å². The highest BCUT2D eigenvalue weighted by Gasteiger charge is 2.16. The van der Waals surface area contributed by atoms with Gasteiger partial charge in [-0.15, -0.1) is 0 Å². The van der Waals surface area contributed by atoms with Crippen LogP contribution in [-0.2, 0) is 6.61 Å². The lowest BCUT2D eigenvalue weighted by atomic mass is 10.3. The molecule has 0 atom stereocenters. The van der Waals surface area contributed by atoms with Crippen LogP contribution in [0, 0.1) is 6.92 Å². The molecule has 1 aromatic carbocycles. The average molecular weight is 268 g/mol. The SMILES string of the molecule is Cc1nc(COc2cccc(Cl)c2)oc1C(=O)O. The summed E-state index contributed by atoms with van der Waals surface area (Å²) in [6.45, 7) is 1.62. The summed E-state index contributed by atoms with van der Waals surface area (Å²) in [5.41, 5.74) is 0.326. The van der Waals surface area contributed by atoms with Crippen molar-refractivity contribution in [2.24, 2.45) is 0 Å². The predicted molar refractivity (Wildman–Crippen MR) is 64.0 cm³/mol.